The number of piperidine rings is 1. The molecule has 16 heteroatoms. The van der Waals surface area contributed by atoms with Crippen molar-refractivity contribution in [3.8, 4) is 11.3 Å². The summed E-state index contributed by atoms with van der Waals surface area (Å²) in [6, 6.07) is 3.03. The van der Waals surface area contributed by atoms with Gasteiger partial charge < -0.3 is 16.0 Å². The number of thiophene rings is 1. The van der Waals surface area contributed by atoms with Crippen LogP contribution in [0.3, 0.4) is 0 Å². The average Bonchev–Trinajstić information content (AvgIpc) is 3.38. The molecule has 2 aliphatic heterocycles. The molecular weight excluding hydrogens is 692 g/mol. The second-order valence-corrected chi connectivity index (χ2v) is 14.5. The molecule has 10 nitrogen and oxygen atoms in total. The van der Waals surface area contributed by atoms with E-state index in [1.165, 1.54) is 40.3 Å². The Morgan fingerprint density at radius 3 is 2.40 bits per heavy atom. The van der Waals surface area contributed by atoms with Gasteiger partial charge in [-0.2, -0.15) is 13.2 Å². The maximum absolute atomic E-state index is 14.0. The summed E-state index contributed by atoms with van der Waals surface area (Å²) in [7, 11) is 0. The maximum Gasteiger partial charge on any atom is 0.433 e. The third kappa shape index (κ3) is 6.39. The van der Waals surface area contributed by atoms with Crippen molar-refractivity contribution in [2.75, 3.05) is 13.1 Å². The largest absolute Gasteiger partial charge is 0.433 e. The highest BCUT2D eigenvalue weighted by Crippen LogP contribution is 2.63. The summed E-state index contributed by atoms with van der Waals surface area (Å²) in [5, 5.41) is 2.88. The summed E-state index contributed by atoms with van der Waals surface area (Å²) in [6.07, 6.45) is -2.87. The quantitative estimate of drug-likeness (QED) is 0.327. The predicted molar refractivity (Wildman–Crippen MR) is 179 cm³/mol. The number of fused-ring (bicyclic) bond motifs is 2. The molecule has 5 heterocycles. The minimum Gasteiger partial charge on any atom is -0.350 e. The number of rotatable bonds is 7. The molecule has 1 aliphatic carbocycles. The number of alkyl halides is 3. The van der Waals surface area contributed by atoms with Crippen LogP contribution in [0.25, 0.3) is 21.5 Å². The molecule has 1 saturated carbocycles. The molecule has 3 N–H and O–H groups in total. The number of amides is 4. The van der Waals surface area contributed by atoms with Crippen LogP contribution in [-0.4, -0.2) is 68.6 Å². The van der Waals surface area contributed by atoms with Crippen LogP contribution in [0.1, 0.15) is 60.6 Å². The van der Waals surface area contributed by atoms with Crippen molar-refractivity contribution < 1.29 is 32.3 Å². The van der Waals surface area contributed by atoms with E-state index in [-0.39, 0.29) is 114 Å². The number of nitrogens with two attached hydrogens (primary N) is 1. The molecule has 0 radical (unpaired) electrons. The highest BCUT2D eigenvalue weighted by atomic mass is 35.5. The van der Waals surface area contributed by atoms with Crippen molar-refractivity contribution in [1.29, 1.82) is 0 Å². The van der Waals surface area contributed by atoms with Gasteiger partial charge in [-0.3, -0.25) is 29.1 Å². The van der Waals surface area contributed by atoms with Crippen LogP contribution in [0, 0.1) is 30.1 Å². The number of pyridine rings is 2. The summed E-state index contributed by atoms with van der Waals surface area (Å²) < 4.78 is 42.5. The molecule has 2 saturated heterocycles. The molecule has 0 aromatic carbocycles. The lowest BCUT2D eigenvalue weighted by atomic mass is 9.99. The summed E-state index contributed by atoms with van der Waals surface area (Å²) >= 11 is 1.20. The molecule has 0 spiro atoms. The van der Waals surface area contributed by atoms with E-state index < -0.39 is 23.8 Å². The smallest absolute Gasteiger partial charge is 0.350 e. The van der Waals surface area contributed by atoms with E-state index in [0.717, 1.165) is 6.07 Å². The second-order valence-electron chi connectivity index (χ2n) is 13.4. The fraction of sp³-hybridized carbons (Fsp3) is 0.500. The number of nitrogens with zero attached hydrogens (tertiary/aromatic N) is 4. The molecule has 6 rings (SSSR count). The number of imide groups is 1. The summed E-state index contributed by atoms with van der Waals surface area (Å²) in [5.41, 5.74) is 5.21. The molecule has 4 amide bonds. The first-order valence-electron chi connectivity index (χ1n) is 15.2. The molecule has 2 unspecified atom stereocenters. The van der Waals surface area contributed by atoms with Crippen LogP contribution in [0.5, 0.6) is 0 Å². The van der Waals surface area contributed by atoms with E-state index in [4.69, 9.17) is 5.73 Å². The summed E-state index contributed by atoms with van der Waals surface area (Å²) in [6.45, 7) is 9.38. The number of aromatic nitrogens is 2. The van der Waals surface area contributed by atoms with Crippen LogP contribution >= 0.6 is 36.2 Å². The van der Waals surface area contributed by atoms with Crippen molar-refractivity contribution in [3.63, 3.8) is 0 Å². The molecule has 0 bridgehead atoms. The van der Waals surface area contributed by atoms with E-state index in [0.29, 0.717) is 21.5 Å². The van der Waals surface area contributed by atoms with Gasteiger partial charge in [0.2, 0.25) is 17.7 Å². The Kier molecular flexibility index (Phi) is 10.3. The Hall–Kier alpha value is -3.33. The number of hydrogen-bond donors (Lipinski definition) is 2. The highest BCUT2D eigenvalue weighted by Gasteiger charge is 2.72. The highest BCUT2D eigenvalue weighted by molar-refractivity contribution is 7.19. The van der Waals surface area contributed by atoms with Crippen molar-refractivity contribution >= 4 is 70.0 Å². The van der Waals surface area contributed by atoms with Gasteiger partial charge in [-0.15, -0.1) is 36.2 Å². The third-order valence-electron chi connectivity index (χ3n) is 9.49. The van der Waals surface area contributed by atoms with Crippen LogP contribution < -0.4 is 11.1 Å². The maximum atomic E-state index is 14.0. The first-order chi connectivity index (χ1) is 21.5. The molecule has 3 aliphatic rings. The van der Waals surface area contributed by atoms with Gasteiger partial charge in [0.05, 0.1) is 45.9 Å². The van der Waals surface area contributed by atoms with Crippen LogP contribution in [0.2, 0.25) is 0 Å². The Morgan fingerprint density at radius 1 is 1.15 bits per heavy atom. The van der Waals surface area contributed by atoms with Crippen molar-refractivity contribution in [2.24, 2.45) is 28.9 Å². The molecular formula is C32H37Cl2F3N6O4S. The zero-order valence-electron chi connectivity index (χ0n) is 26.9. The lowest BCUT2D eigenvalue weighted by Crippen LogP contribution is -2.48. The Morgan fingerprint density at radius 2 is 1.79 bits per heavy atom. The van der Waals surface area contributed by atoms with Gasteiger partial charge in [-0.25, -0.2) is 4.98 Å². The van der Waals surface area contributed by atoms with Crippen LogP contribution in [0.15, 0.2) is 24.4 Å². The van der Waals surface area contributed by atoms with Gasteiger partial charge in [-0.05, 0) is 48.4 Å². The number of halogens is 5. The lowest BCUT2D eigenvalue weighted by Gasteiger charge is -2.22. The number of likely N-dealkylation sites (tertiary alicyclic amines) is 2. The van der Waals surface area contributed by atoms with E-state index in [9.17, 15) is 32.3 Å². The first kappa shape index (κ1) is 37.5. The van der Waals surface area contributed by atoms with E-state index in [1.54, 1.807) is 6.07 Å². The Bertz CT molecular complexity index is 1770. The lowest BCUT2D eigenvalue weighted by molar-refractivity contribution is -0.144. The van der Waals surface area contributed by atoms with Gasteiger partial charge in [0.15, 0.2) is 0 Å². The number of carbonyl (C=O) groups is 4. The molecule has 3 fully saturated rings. The van der Waals surface area contributed by atoms with Crippen molar-refractivity contribution in [2.45, 2.75) is 65.8 Å². The Balaban J connectivity index is 0.00000260. The zero-order valence-corrected chi connectivity index (χ0v) is 29.3. The predicted octanol–water partition coefficient (Wildman–Crippen LogP) is 4.98. The number of carbonyl (C=O) groups excluding carboxylic acids is 4. The molecule has 260 valence electrons. The van der Waals surface area contributed by atoms with E-state index in [1.807, 2.05) is 27.7 Å². The monoisotopic (exact) mass is 728 g/mol. The van der Waals surface area contributed by atoms with Crippen molar-refractivity contribution in [3.05, 3.63) is 46.1 Å². The van der Waals surface area contributed by atoms with E-state index >= 15 is 0 Å². The average molecular weight is 730 g/mol. The normalized spacial score (nSPS) is 22.0. The van der Waals surface area contributed by atoms with Crippen LogP contribution in [-0.2, 0) is 27.1 Å². The topological polar surface area (TPSA) is 139 Å². The zero-order chi connectivity index (χ0) is 33.5. The fourth-order valence-corrected chi connectivity index (χ4v) is 7.79. The minimum absolute atomic E-state index is 0. The van der Waals surface area contributed by atoms with Gasteiger partial charge in [0.1, 0.15) is 5.69 Å². The summed E-state index contributed by atoms with van der Waals surface area (Å²) in [5.74, 6) is -2.02. The molecule has 4 atom stereocenters. The number of aryl methyl sites for hydroxylation is 1. The van der Waals surface area contributed by atoms with Gasteiger partial charge in [-0.1, -0.05) is 27.7 Å². The number of nitrogens with one attached hydrogen (secondary N) is 1. The molecule has 3 aromatic rings. The Labute approximate surface area is 291 Å². The minimum atomic E-state index is -4.77. The second kappa shape index (κ2) is 13.2. The fourth-order valence-electron chi connectivity index (χ4n) is 6.67. The third-order valence-corrected chi connectivity index (χ3v) is 10.6. The van der Waals surface area contributed by atoms with Gasteiger partial charge in [0, 0.05) is 35.8 Å². The van der Waals surface area contributed by atoms with Gasteiger partial charge in [0.25, 0.3) is 5.91 Å². The first-order valence-corrected chi connectivity index (χ1v) is 16.0. The van der Waals surface area contributed by atoms with Crippen molar-refractivity contribution in [1.82, 2.24) is 25.1 Å². The standard InChI is InChI=1S/C32H35F3N6O4S.2ClH/c1-14(2)24(36)27(42)38-16-7-9-40(12-16)28(43)21-15(3)10-20(32(33,34)35)39-25(21)18-6-8-37-19-11-17(46-26(18)19)13-41-29(44)22-23(30(41)45)31(22,4)5;;/h6,8,10-11,14,16,22-24H,7,9,12-13,36H2,1-5H3,(H,38,42);2*1H/t16-,22?,23?,24-;;/m0../s1. The summed E-state index contributed by atoms with van der Waals surface area (Å²) in [4.78, 5) is 64.2. The number of hydrogen-bond acceptors (Lipinski definition) is 8. The molecule has 3 aromatic heterocycles. The SMILES string of the molecule is Cc1cc(C(F)(F)F)nc(-c2ccnc3cc(CN4C(=O)C5C(C4=O)C5(C)C)sc23)c1C(=O)N1CC[C@H](NC(=O)[C@@H](N)C(C)C)C1.Cl.Cl. The van der Waals surface area contributed by atoms with Gasteiger partial charge >= 0.3 is 6.18 Å². The molecule has 48 heavy (non-hydrogen) atoms. The van der Waals surface area contributed by atoms with Crippen LogP contribution in [0.4, 0.5) is 13.2 Å². The van der Waals surface area contributed by atoms with E-state index in [2.05, 4.69) is 15.3 Å².